The van der Waals surface area contributed by atoms with Crippen molar-refractivity contribution in [3.63, 3.8) is 0 Å². The van der Waals surface area contributed by atoms with Gasteiger partial charge in [0, 0.05) is 23.1 Å². The summed E-state index contributed by atoms with van der Waals surface area (Å²) in [6.45, 7) is 5.76. The van der Waals surface area contributed by atoms with E-state index in [-0.39, 0.29) is 17.2 Å². The van der Waals surface area contributed by atoms with Gasteiger partial charge in [-0.3, -0.25) is 10.5 Å². The highest BCUT2D eigenvalue weighted by Crippen LogP contribution is 2.32. The third-order valence-electron chi connectivity index (χ3n) is 5.22. The molecule has 0 fully saturated rings. The summed E-state index contributed by atoms with van der Waals surface area (Å²) in [6.07, 6.45) is -0.167. The van der Waals surface area contributed by atoms with Crippen LogP contribution in [0.5, 0.6) is 0 Å². The molecule has 0 saturated heterocycles. The lowest BCUT2D eigenvalue weighted by Gasteiger charge is -2.15. The number of nitrogens with zero attached hydrogens (tertiary/aromatic N) is 2. The number of nitrogens with one attached hydrogen (secondary N) is 1. The van der Waals surface area contributed by atoms with Crippen molar-refractivity contribution >= 4 is 46.9 Å². The number of hydrogen-bond donors (Lipinski definition) is 5. The van der Waals surface area contributed by atoms with E-state index in [1.54, 1.807) is 37.3 Å². The second kappa shape index (κ2) is 9.33. The molecule has 0 radical (unpaired) electrons. The third-order valence-corrected chi connectivity index (χ3v) is 5.22. The quantitative estimate of drug-likeness (QED) is 0.291. The number of amides is 1. The van der Waals surface area contributed by atoms with Gasteiger partial charge in [-0.2, -0.15) is 4.79 Å². The minimum atomic E-state index is -1.67. The van der Waals surface area contributed by atoms with Crippen molar-refractivity contribution in [1.29, 1.82) is 0 Å². The van der Waals surface area contributed by atoms with Gasteiger partial charge >= 0.3 is 19.0 Å². The topological polar surface area (TPSA) is 150 Å². The Morgan fingerprint density at radius 1 is 1.16 bits per heavy atom. The molecule has 0 aliphatic rings. The summed E-state index contributed by atoms with van der Waals surface area (Å²) in [5, 5.41) is 36.7. The van der Waals surface area contributed by atoms with E-state index >= 15 is 0 Å². The molecule has 3 aromatic rings. The van der Waals surface area contributed by atoms with Gasteiger partial charge in [-0.15, -0.1) is 0 Å². The second-order valence-corrected chi connectivity index (χ2v) is 8.08. The van der Waals surface area contributed by atoms with Crippen molar-refractivity contribution < 1.29 is 29.4 Å². The summed E-state index contributed by atoms with van der Waals surface area (Å²) in [6, 6.07) is 9.96. The Morgan fingerprint density at radius 3 is 2.50 bits per heavy atom. The lowest BCUT2D eigenvalue weighted by molar-refractivity contribution is -0.632. The lowest BCUT2D eigenvalue weighted by atomic mass is 9.78. The Balaban J connectivity index is 2.11. The minimum absolute atomic E-state index is 0.00797. The molecule has 9 nitrogen and oxygen atoms in total. The van der Waals surface area contributed by atoms with E-state index in [1.807, 2.05) is 13.8 Å². The Kier molecular flexibility index (Phi) is 6.76. The largest absolute Gasteiger partial charge is 0.531 e. The van der Waals surface area contributed by atoms with Crippen LogP contribution >= 0.6 is 0 Å². The highest BCUT2D eigenvalue weighted by molar-refractivity contribution is 6.58. The van der Waals surface area contributed by atoms with Crippen molar-refractivity contribution in [3.05, 3.63) is 42.1 Å². The summed E-state index contributed by atoms with van der Waals surface area (Å²) in [5.74, 6) is 0.246. The predicted molar refractivity (Wildman–Crippen MR) is 122 cm³/mol. The Morgan fingerprint density at radius 2 is 1.88 bits per heavy atom. The number of carboxylic acid groups (broad SMARTS) is 1. The standard InChI is InChI=1S/C22H25BN4O5/c1-12(2)4-9-20(28)25-19-8-6-15(23(31)32)11-18(19)14-5-7-16-17(10-14)13(3)26-27(21(16)24)22(29)30/h5-8,10-12,31-32H,4,9H2,1-3H3,(H3,24,25,28,29,30)/p+1. The Labute approximate surface area is 185 Å². The van der Waals surface area contributed by atoms with Crippen LogP contribution in [-0.4, -0.2) is 39.4 Å². The van der Waals surface area contributed by atoms with Gasteiger partial charge in [0.2, 0.25) is 5.91 Å². The molecule has 6 N–H and O–H groups in total. The molecule has 0 aliphatic carbocycles. The molecular weight excluding hydrogens is 411 g/mol. The Bertz CT molecular complexity index is 1200. The zero-order chi connectivity index (χ0) is 23.6. The van der Waals surface area contributed by atoms with Crippen molar-refractivity contribution in [3.8, 4) is 11.1 Å². The number of fused-ring (bicyclic) bond motifs is 1. The molecular formula is C22H26BN4O5+. The summed E-state index contributed by atoms with van der Waals surface area (Å²) in [7, 11) is -1.67. The molecule has 0 aliphatic heterocycles. The fourth-order valence-corrected chi connectivity index (χ4v) is 3.45. The number of aromatic nitrogens is 2. The molecule has 2 aromatic carbocycles. The van der Waals surface area contributed by atoms with E-state index in [0.29, 0.717) is 45.6 Å². The van der Waals surface area contributed by atoms with Crippen LogP contribution in [-0.2, 0) is 4.79 Å². The van der Waals surface area contributed by atoms with Crippen LogP contribution in [0, 0.1) is 12.8 Å². The molecule has 1 aromatic heterocycles. The average molecular weight is 437 g/mol. The molecule has 166 valence electrons. The van der Waals surface area contributed by atoms with Gasteiger partial charge in [0.1, 0.15) is 0 Å². The van der Waals surface area contributed by atoms with Gasteiger partial charge < -0.3 is 20.5 Å². The van der Waals surface area contributed by atoms with Crippen molar-refractivity contribution in [2.75, 3.05) is 11.1 Å². The maximum absolute atomic E-state index is 12.4. The predicted octanol–water partition coefficient (Wildman–Crippen LogP) is 1.66. The molecule has 0 bridgehead atoms. The molecule has 1 amide bonds. The highest BCUT2D eigenvalue weighted by atomic mass is 16.4. The number of rotatable bonds is 6. The van der Waals surface area contributed by atoms with Crippen LogP contribution < -0.4 is 21.2 Å². The first-order valence-corrected chi connectivity index (χ1v) is 10.2. The van der Waals surface area contributed by atoms with Crippen LogP contribution in [0.3, 0.4) is 0 Å². The fraction of sp³-hybridized carbons (Fsp3) is 0.273. The fourth-order valence-electron chi connectivity index (χ4n) is 3.45. The van der Waals surface area contributed by atoms with Gasteiger partial charge in [-0.1, -0.05) is 37.1 Å². The summed E-state index contributed by atoms with van der Waals surface area (Å²) in [5.41, 5.74) is 8.51. The Hall–Kier alpha value is -3.50. The van der Waals surface area contributed by atoms with Crippen molar-refractivity contribution in [1.82, 2.24) is 5.10 Å². The molecule has 10 heteroatoms. The number of nitrogens with two attached hydrogens (primary N) is 1. The van der Waals surface area contributed by atoms with E-state index in [0.717, 1.165) is 11.1 Å². The SMILES string of the molecule is Cc1n[n+](C(=O)O)c(N)c2ccc(-c3cc(B(O)O)ccc3NC(=O)CCC(C)C)cc12. The van der Waals surface area contributed by atoms with Crippen molar-refractivity contribution in [2.45, 2.75) is 33.6 Å². The number of hydrogen-bond acceptors (Lipinski definition) is 6. The van der Waals surface area contributed by atoms with Gasteiger partial charge in [-0.05, 0) is 53.2 Å². The number of aryl methyl sites for hydroxylation is 1. The third kappa shape index (κ3) is 4.87. The molecule has 0 saturated carbocycles. The zero-order valence-corrected chi connectivity index (χ0v) is 18.2. The van der Waals surface area contributed by atoms with Gasteiger partial charge in [0.15, 0.2) is 0 Å². The first-order valence-electron chi connectivity index (χ1n) is 10.2. The number of anilines is 2. The van der Waals surface area contributed by atoms with E-state index in [2.05, 4.69) is 10.4 Å². The minimum Gasteiger partial charge on any atom is -0.445 e. The average Bonchev–Trinajstić information content (AvgIpc) is 2.74. The number of carbonyl (C=O) groups is 2. The smallest absolute Gasteiger partial charge is 0.445 e. The van der Waals surface area contributed by atoms with Crippen molar-refractivity contribution in [2.24, 2.45) is 5.92 Å². The number of carbonyl (C=O) groups excluding carboxylic acids is 1. The first kappa shape index (κ1) is 23.2. The van der Waals surface area contributed by atoms with Crippen LogP contribution in [0.4, 0.5) is 16.3 Å². The molecule has 3 rings (SSSR count). The molecule has 1 heterocycles. The van der Waals surface area contributed by atoms with E-state index in [9.17, 15) is 24.7 Å². The van der Waals surface area contributed by atoms with Gasteiger partial charge in [0.05, 0.1) is 11.1 Å². The molecule has 0 unspecified atom stereocenters. The summed E-state index contributed by atoms with van der Waals surface area (Å²) in [4.78, 5) is 23.8. The van der Waals surface area contributed by atoms with Gasteiger partial charge in [0.25, 0.3) is 0 Å². The maximum Gasteiger partial charge on any atom is 0.531 e. The number of nitrogen functional groups attached to an aromatic ring is 1. The van der Waals surface area contributed by atoms with Crippen LogP contribution in [0.15, 0.2) is 36.4 Å². The normalized spacial score (nSPS) is 11.1. The highest BCUT2D eigenvalue weighted by Gasteiger charge is 2.22. The van der Waals surface area contributed by atoms with Gasteiger partial charge in [-0.25, -0.2) is 0 Å². The van der Waals surface area contributed by atoms with Crippen LogP contribution in [0.2, 0.25) is 0 Å². The first-order chi connectivity index (χ1) is 15.1. The lowest BCUT2D eigenvalue weighted by Crippen LogP contribution is -2.48. The molecule has 0 spiro atoms. The second-order valence-electron chi connectivity index (χ2n) is 8.08. The maximum atomic E-state index is 12.4. The van der Waals surface area contributed by atoms with E-state index in [1.165, 1.54) is 6.07 Å². The summed E-state index contributed by atoms with van der Waals surface area (Å²) < 4.78 is 0.723. The monoisotopic (exact) mass is 437 g/mol. The molecule has 0 atom stereocenters. The van der Waals surface area contributed by atoms with Crippen LogP contribution in [0.25, 0.3) is 21.9 Å². The van der Waals surface area contributed by atoms with E-state index < -0.39 is 13.2 Å². The summed E-state index contributed by atoms with van der Waals surface area (Å²) >= 11 is 0. The van der Waals surface area contributed by atoms with E-state index in [4.69, 9.17) is 5.73 Å². The number of benzene rings is 2. The zero-order valence-electron chi connectivity index (χ0n) is 18.2. The molecule has 32 heavy (non-hydrogen) atoms. The van der Waals surface area contributed by atoms with Crippen LogP contribution in [0.1, 0.15) is 32.4 Å².